The van der Waals surface area contributed by atoms with Crippen LogP contribution in [0.2, 0.25) is 5.02 Å². The van der Waals surface area contributed by atoms with E-state index in [4.69, 9.17) is 11.6 Å². The topological polar surface area (TPSA) is 89.3 Å². The second-order valence-electron chi connectivity index (χ2n) is 5.42. The van der Waals surface area contributed by atoms with Crippen LogP contribution >= 0.6 is 11.6 Å². The van der Waals surface area contributed by atoms with Crippen LogP contribution in [-0.2, 0) is 16.2 Å². The van der Waals surface area contributed by atoms with Crippen LogP contribution in [0.25, 0.3) is 5.78 Å². The Kier molecular flexibility index (Phi) is 4.31. The highest BCUT2D eigenvalue weighted by Gasteiger charge is 2.36. The Morgan fingerprint density at radius 1 is 1.19 bits per heavy atom. The van der Waals surface area contributed by atoms with E-state index in [1.165, 1.54) is 13.0 Å². The van der Waals surface area contributed by atoms with Gasteiger partial charge in [-0.3, -0.25) is 4.72 Å². The highest BCUT2D eigenvalue weighted by Crippen LogP contribution is 2.30. The molecule has 2 aromatic heterocycles. The second kappa shape index (κ2) is 6.09. The number of para-hydroxylation sites is 1. The molecule has 0 aliphatic carbocycles. The lowest BCUT2D eigenvalue weighted by Crippen LogP contribution is -2.17. The summed E-state index contributed by atoms with van der Waals surface area (Å²) in [5.41, 5.74) is -0.540. The average molecular weight is 406 g/mol. The van der Waals surface area contributed by atoms with Crippen LogP contribution in [0.3, 0.4) is 0 Å². The van der Waals surface area contributed by atoms with Crippen LogP contribution in [0.5, 0.6) is 0 Å². The Hall–Kier alpha value is -2.40. The minimum Gasteiger partial charge on any atom is -0.275 e. The van der Waals surface area contributed by atoms with Crippen molar-refractivity contribution in [2.75, 3.05) is 4.72 Å². The van der Waals surface area contributed by atoms with Gasteiger partial charge in [-0.2, -0.15) is 31.1 Å². The van der Waals surface area contributed by atoms with Gasteiger partial charge in [-0.1, -0.05) is 23.7 Å². The summed E-state index contributed by atoms with van der Waals surface area (Å²) < 4.78 is 67.0. The van der Waals surface area contributed by atoms with Crippen LogP contribution in [-0.4, -0.2) is 28.0 Å². The maximum Gasteiger partial charge on any atom is 0.433 e. The Labute approximate surface area is 150 Å². The fourth-order valence-corrected chi connectivity index (χ4v) is 3.57. The molecule has 0 bridgehead atoms. The van der Waals surface area contributed by atoms with Gasteiger partial charge in [-0.05, 0) is 31.5 Å². The number of sulfonamides is 1. The third-order valence-electron chi connectivity index (χ3n) is 3.41. The number of aryl methyl sites for hydroxylation is 2. The molecule has 0 aliphatic heterocycles. The molecule has 0 saturated heterocycles. The minimum atomic E-state index is -4.76. The first-order valence-electron chi connectivity index (χ1n) is 7.08. The predicted molar refractivity (Wildman–Crippen MR) is 87.5 cm³/mol. The zero-order valence-corrected chi connectivity index (χ0v) is 14.9. The van der Waals surface area contributed by atoms with Gasteiger partial charge in [-0.15, -0.1) is 5.10 Å². The molecule has 0 amide bonds. The van der Waals surface area contributed by atoms with Gasteiger partial charge in [0, 0.05) is 5.69 Å². The number of anilines is 1. The number of aromatic nitrogens is 4. The highest BCUT2D eigenvalue weighted by molar-refractivity contribution is 7.92. The van der Waals surface area contributed by atoms with Crippen LogP contribution in [0.1, 0.15) is 17.0 Å². The molecule has 0 unspecified atom stereocenters. The van der Waals surface area contributed by atoms with E-state index in [-0.39, 0.29) is 16.4 Å². The minimum absolute atomic E-state index is 0.0241. The van der Waals surface area contributed by atoms with Crippen molar-refractivity contribution in [3.05, 3.63) is 46.2 Å². The normalized spacial score (nSPS) is 12.5. The fourth-order valence-electron chi connectivity index (χ4n) is 2.23. The molecule has 0 atom stereocenters. The van der Waals surface area contributed by atoms with Crippen molar-refractivity contribution in [2.45, 2.75) is 25.2 Å². The maximum atomic E-state index is 13.2. The number of benzene rings is 1. The highest BCUT2D eigenvalue weighted by atomic mass is 35.5. The van der Waals surface area contributed by atoms with E-state index in [1.54, 1.807) is 19.1 Å². The summed E-state index contributed by atoms with van der Waals surface area (Å²) in [6, 6.07) is 5.47. The molecule has 0 saturated carbocycles. The quantitative estimate of drug-likeness (QED) is 0.722. The van der Waals surface area contributed by atoms with Gasteiger partial charge in [-0.25, -0.2) is 4.98 Å². The summed E-state index contributed by atoms with van der Waals surface area (Å²) in [6.45, 7) is 2.96. The van der Waals surface area contributed by atoms with E-state index in [1.807, 2.05) is 0 Å². The van der Waals surface area contributed by atoms with Crippen molar-refractivity contribution in [1.29, 1.82) is 0 Å². The van der Waals surface area contributed by atoms with Gasteiger partial charge in [0.2, 0.25) is 0 Å². The molecule has 0 aliphatic rings. The monoisotopic (exact) mass is 405 g/mol. The van der Waals surface area contributed by atoms with E-state index < -0.39 is 32.8 Å². The van der Waals surface area contributed by atoms with Gasteiger partial charge in [0.15, 0.2) is 5.69 Å². The summed E-state index contributed by atoms with van der Waals surface area (Å²) >= 11 is 5.97. The zero-order chi connectivity index (χ0) is 19.3. The maximum absolute atomic E-state index is 13.2. The molecule has 3 aromatic rings. The van der Waals surface area contributed by atoms with E-state index in [0.29, 0.717) is 10.1 Å². The molecular weight excluding hydrogens is 395 g/mol. The smallest absolute Gasteiger partial charge is 0.275 e. The van der Waals surface area contributed by atoms with Gasteiger partial charge in [0.05, 0.1) is 10.7 Å². The largest absolute Gasteiger partial charge is 0.433 e. The van der Waals surface area contributed by atoms with Crippen molar-refractivity contribution in [3.63, 3.8) is 0 Å². The van der Waals surface area contributed by atoms with Crippen molar-refractivity contribution < 1.29 is 21.6 Å². The van der Waals surface area contributed by atoms with Crippen LogP contribution in [0, 0.1) is 13.8 Å². The van der Waals surface area contributed by atoms with Crippen molar-refractivity contribution >= 4 is 33.1 Å². The van der Waals surface area contributed by atoms with E-state index in [2.05, 4.69) is 19.8 Å². The van der Waals surface area contributed by atoms with Crippen LogP contribution < -0.4 is 4.72 Å². The molecule has 0 radical (unpaired) electrons. The van der Waals surface area contributed by atoms with E-state index in [9.17, 15) is 21.6 Å². The predicted octanol–water partition coefficient (Wildman–Crippen LogP) is 3.21. The first kappa shape index (κ1) is 18.4. The molecule has 0 fully saturated rings. The van der Waals surface area contributed by atoms with Crippen LogP contribution in [0.4, 0.5) is 18.9 Å². The summed E-state index contributed by atoms with van der Waals surface area (Å²) in [5.74, 6) is -0.478. The first-order chi connectivity index (χ1) is 12.0. The third kappa shape index (κ3) is 3.31. The van der Waals surface area contributed by atoms with Gasteiger partial charge < -0.3 is 0 Å². The Bertz CT molecular complexity index is 1090. The number of alkyl halides is 3. The Morgan fingerprint density at radius 3 is 2.50 bits per heavy atom. The average Bonchev–Trinajstić information content (AvgIpc) is 2.94. The second-order valence-corrected chi connectivity index (χ2v) is 7.41. The fraction of sp³-hybridized carbons (Fsp3) is 0.214. The van der Waals surface area contributed by atoms with E-state index in [0.717, 1.165) is 6.07 Å². The molecule has 138 valence electrons. The van der Waals surface area contributed by atoms with Gasteiger partial charge in [0.1, 0.15) is 0 Å². The number of hydrogen-bond donors (Lipinski definition) is 1. The first-order valence-corrected chi connectivity index (χ1v) is 8.95. The number of nitrogens with one attached hydrogen (secondary N) is 1. The third-order valence-corrected chi connectivity index (χ3v) is 4.85. The summed E-state index contributed by atoms with van der Waals surface area (Å²) in [5, 5.41) is 2.76. The standard InChI is InChI=1S/C14H11ClF3N5O2S/c1-7-4-3-5-9(15)11(7)22-26(24,25)13-20-12-19-8(2)6-10(14(16,17)18)23(12)21-13/h3-6,22H,1-2H3. The molecular formula is C14H11ClF3N5O2S. The number of fused-ring (bicyclic) bond motifs is 1. The SMILES string of the molecule is Cc1cc(C(F)(F)F)n2nc(S(=O)(=O)Nc3c(C)cccc3Cl)nc2n1. The van der Waals surface area contributed by atoms with Gasteiger partial charge >= 0.3 is 6.18 Å². The van der Waals surface area contributed by atoms with E-state index >= 15 is 0 Å². The molecule has 1 aromatic carbocycles. The Balaban J connectivity index is 2.13. The number of halogens is 4. The Morgan fingerprint density at radius 2 is 1.88 bits per heavy atom. The molecule has 0 spiro atoms. The van der Waals surface area contributed by atoms with Crippen molar-refractivity contribution in [2.24, 2.45) is 0 Å². The number of hydrogen-bond acceptors (Lipinski definition) is 5. The number of rotatable bonds is 3. The lowest BCUT2D eigenvalue weighted by molar-refractivity contribution is -0.142. The molecule has 26 heavy (non-hydrogen) atoms. The van der Waals surface area contributed by atoms with Crippen molar-refractivity contribution in [3.8, 4) is 0 Å². The zero-order valence-electron chi connectivity index (χ0n) is 13.3. The molecule has 12 heteroatoms. The van der Waals surface area contributed by atoms with Crippen molar-refractivity contribution in [1.82, 2.24) is 19.6 Å². The summed E-state index contributed by atoms with van der Waals surface area (Å²) in [7, 11) is -4.38. The molecule has 3 rings (SSSR count). The lowest BCUT2D eigenvalue weighted by atomic mass is 10.2. The molecule has 2 heterocycles. The van der Waals surface area contributed by atoms with Crippen LogP contribution in [0.15, 0.2) is 29.4 Å². The van der Waals surface area contributed by atoms with Gasteiger partial charge in [0.25, 0.3) is 21.0 Å². The number of nitrogens with zero attached hydrogens (tertiary/aromatic N) is 4. The lowest BCUT2D eigenvalue weighted by Gasteiger charge is -2.10. The summed E-state index contributed by atoms with van der Waals surface area (Å²) in [6.07, 6.45) is -4.76. The summed E-state index contributed by atoms with van der Waals surface area (Å²) in [4.78, 5) is 7.42. The molecule has 1 N–H and O–H groups in total. The molecule has 7 nitrogen and oxygen atoms in total.